The van der Waals surface area contributed by atoms with E-state index in [4.69, 9.17) is 6.42 Å². The average Bonchev–Trinajstić information content (AvgIpc) is 3.38. The Kier molecular flexibility index (Phi) is 10.4. The molecule has 12 heteroatoms. The number of rotatable bonds is 14. The molecule has 1 aromatic heterocycles. The molecular formula is C32H38N4O7Si. The molecule has 232 valence electrons. The van der Waals surface area contributed by atoms with Crippen molar-refractivity contribution in [3.05, 3.63) is 69.3 Å². The Labute approximate surface area is 256 Å². The van der Waals surface area contributed by atoms with Crippen molar-refractivity contribution in [1.29, 1.82) is 0 Å². The number of aromatic amines is 1. The van der Waals surface area contributed by atoms with E-state index in [1.807, 2.05) is 17.0 Å². The fourth-order valence-electron chi connectivity index (χ4n) is 5.60. The molecule has 3 aromatic rings. The van der Waals surface area contributed by atoms with Crippen LogP contribution in [0.25, 0.3) is 10.9 Å². The molecule has 0 saturated heterocycles. The molecule has 0 radical (unpaired) electrons. The minimum Gasteiger partial charge on any atom is -0.480 e. The number of fused-ring (bicyclic) bond motifs is 2. The van der Waals surface area contributed by atoms with Crippen LogP contribution in [0.3, 0.4) is 0 Å². The largest absolute Gasteiger partial charge is 0.480 e. The van der Waals surface area contributed by atoms with Gasteiger partial charge in [0.25, 0.3) is 11.5 Å². The highest BCUT2D eigenvalue weighted by Crippen LogP contribution is 2.39. The molecule has 11 nitrogen and oxygen atoms in total. The second-order valence-corrected chi connectivity index (χ2v) is 15.9. The molecule has 2 aromatic carbocycles. The first kappa shape index (κ1) is 32.6. The van der Waals surface area contributed by atoms with Crippen molar-refractivity contribution in [3.63, 3.8) is 0 Å². The van der Waals surface area contributed by atoms with Gasteiger partial charge in [-0.2, -0.15) is 0 Å². The molecule has 2 atom stereocenters. The standard InChI is InChI=1S/C32H38N4O7Si/c1-4-15-36(28-14-9-21-17-27-25(18-24(21)28)31(40)35-29(19-37)33-27)22-10-7-20(8-11-22)30(39)34-26(32(41)42)13-12-23(38)6-5-16-44(2,3)43/h1,7-8,10-11,17-18,26,28,37,43H,5-6,9,12-16,19H2,2-3H3,(H,34,39)(H,41,42)(H,33,35,40)/t26-,28-/m0/s1. The molecule has 0 spiro atoms. The topological polar surface area (TPSA) is 173 Å². The molecule has 0 bridgehead atoms. The van der Waals surface area contributed by atoms with Crippen molar-refractivity contribution in [2.75, 3.05) is 11.4 Å². The molecule has 1 aliphatic carbocycles. The van der Waals surface area contributed by atoms with E-state index in [2.05, 4.69) is 21.2 Å². The number of terminal acetylenes is 1. The van der Waals surface area contributed by atoms with Crippen LogP contribution in [0.4, 0.5) is 5.69 Å². The van der Waals surface area contributed by atoms with Crippen molar-refractivity contribution < 1.29 is 29.4 Å². The van der Waals surface area contributed by atoms with E-state index in [-0.39, 0.29) is 61.2 Å². The number of aliphatic hydroxyl groups excluding tert-OH is 1. The molecule has 5 N–H and O–H groups in total. The zero-order chi connectivity index (χ0) is 32.0. The van der Waals surface area contributed by atoms with Crippen LogP contribution in [0.5, 0.6) is 0 Å². The first-order chi connectivity index (χ1) is 20.9. The Hall–Kier alpha value is -4.31. The number of anilines is 1. The van der Waals surface area contributed by atoms with Crippen LogP contribution in [0, 0.1) is 12.3 Å². The smallest absolute Gasteiger partial charge is 0.326 e. The molecule has 1 heterocycles. The summed E-state index contributed by atoms with van der Waals surface area (Å²) in [7, 11) is -2.24. The van der Waals surface area contributed by atoms with Crippen LogP contribution in [-0.2, 0) is 22.6 Å². The molecule has 1 amide bonds. The number of aromatic nitrogens is 2. The summed E-state index contributed by atoms with van der Waals surface area (Å²) in [5.74, 6) is 1.01. The van der Waals surface area contributed by atoms with Crippen molar-refractivity contribution in [3.8, 4) is 12.3 Å². The number of carbonyl (C=O) groups excluding carboxylic acids is 2. The number of carboxylic acid groups (broad SMARTS) is 1. The molecule has 4 rings (SSSR count). The van der Waals surface area contributed by atoms with Gasteiger partial charge in [-0.05, 0) is 92.3 Å². The first-order valence-corrected chi connectivity index (χ1v) is 17.8. The van der Waals surface area contributed by atoms with Gasteiger partial charge in [-0.1, -0.05) is 5.92 Å². The fraction of sp³-hybridized carbons (Fsp3) is 0.406. The van der Waals surface area contributed by atoms with Gasteiger partial charge >= 0.3 is 5.97 Å². The third-order valence-electron chi connectivity index (χ3n) is 7.87. The molecule has 0 aliphatic heterocycles. The summed E-state index contributed by atoms with van der Waals surface area (Å²) in [5.41, 5.74) is 3.21. The SMILES string of the molecule is C#CCN(c1ccc(C(=O)N[C@@H](CCC(=O)CCC[Si](C)(C)O)C(=O)O)cc1)[C@H]1CCc2cc3nc(CO)[nH]c(=O)c3cc21. The van der Waals surface area contributed by atoms with Crippen molar-refractivity contribution >= 4 is 42.6 Å². The van der Waals surface area contributed by atoms with Gasteiger partial charge < -0.3 is 30.2 Å². The van der Waals surface area contributed by atoms with Crippen LogP contribution >= 0.6 is 0 Å². The number of H-pyrrole nitrogens is 1. The molecular weight excluding hydrogens is 580 g/mol. The Balaban J connectivity index is 1.45. The number of ketones is 1. The predicted molar refractivity (Wildman–Crippen MR) is 169 cm³/mol. The van der Waals surface area contributed by atoms with Gasteiger partial charge in [0.1, 0.15) is 24.3 Å². The number of amides is 1. The summed E-state index contributed by atoms with van der Waals surface area (Å²) in [6.07, 6.45) is 8.05. The summed E-state index contributed by atoms with van der Waals surface area (Å²) >= 11 is 0. The number of hydrogen-bond acceptors (Lipinski definition) is 8. The van der Waals surface area contributed by atoms with E-state index in [0.717, 1.165) is 29.7 Å². The Morgan fingerprint density at radius 3 is 2.57 bits per heavy atom. The minimum absolute atomic E-state index is 0.0212. The van der Waals surface area contributed by atoms with Gasteiger partial charge in [0, 0.05) is 24.1 Å². The number of carbonyl (C=O) groups is 3. The normalized spacial score (nSPS) is 14.9. The second kappa shape index (κ2) is 14.0. The monoisotopic (exact) mass is 618 g/mol. The molecule has 0 saturated carbocycles. The fourth-order valence-corrected chi connectivity index (χ4v) is 6.64. The number of nitrogens with zero attached hydrogens (tertiary/aromatic N) is 2. The van der Waals surface area contributed by atoms with Crippen LogP contribution in [-0.4, -0.2) is 63.5 Å². The lowest BCUT2D eigenvalue weighted by Gasteiger charge is -2.30. The maximum Gasteiger partial charge on any atom is 0.326 e. The van der Waals surface area contributed by atoms with Gasteiger partial charge in [-0.15, -0.1) is 6.42 Å². The number of nitrogens with one attached hydrogen (secondary N) is 2. The maximum atomic E-state index is 12.9. The maximum absolute atomic E-state index is 12.9. The van der Waals surface area contributed by atoms with E-state index in [0.29, 0.717) is 23.4 Å². The van der Waals surface area contributed by atoms with Gasteiger partial charge in [0.15, 0.2) is 8.32 Å². The summed E-state index contributed by atoms with van der Waals surface area (Å²) in [4.78, 5) is 68.5. The van der Waals surface area contributed by atoms with E-state index in [1.165, 1.54) is 0 Å². The van der Waals surface area contributed by atoms with Gasteiger partial charge in [0.05, 0.1) is 23.5 Å². The Morgan fingerprint density at radius 2 is 1.93 bits per heavy atom. The third-order valence-corrected chi connectivity index (χ3v) is 9.45. The summed E-state index contributed by atoms with van der Waals surface area (Å²) in [6.45, 7) is 3.52. The van der Waals surface area contributed by atoms with Crippen molar-refractivity contribution in [2.24, 2.45) is 0 Å². The Bertz CT molecular complexity index is 1640. The third kappa shape index (κ3) is 7.99. The van der Waals surface area contributed by atoms with Gasteiger partial charge in [0.2, 0.25) is 0 Å². The van der Waals surface area contributed by atoms with E-state index < -0.39 is 26.2 Å². The van der Waals surface area contributed by atoms with Gasteiger partial charge in [-0.25, -0.2) is 9.78 Å². The highest BCUT2D eigenvalue weighted by Gasteiger charge is 2.30. The van der Waals surface area contributed by atoms with Crippen molar-refractivity contribution in [2.45, 2.75) is 76.4 Å². The average molecular weight is 619 g/mol. The second-order valence-electron chi connectivity index (χ2n) is 11.8. The van der Waals surface area contributed by atoms with E-state index >= 15 is 0 Å². The van der Waals surface area contributed by atoms with Gasteiger partial charge in [-0.3, -0.25) is 14.4 Å². The lowest BCUT2D eigenvalue weighted by molar-refractivity contribution is -0.139. The molecule has 44 heavy (non-hydrogen) atoms. The number of benzene rings is 2. The van der Waals surface area contributed by atoms with Crippen LogP contribution in [0.15, 0.2) is 41.2 Å². The highest BCUT2D eigenvalue weighted by molar-refractivity contribution is 6.69. The van der Waals surface area contributed by atoms with E-state index in [1.54, 1.807) is 37.4 Å². The number of hydrogen-bond donors (Lipinski definition) is 5. The predicted octanol–water partition coefficient (Wildman–Crippen LogP) is 3.05. The molecule has 0 fully saturated rings. The summed E-state index contributed by atoms with van der Waals surface area (Å²) in [5, 5.41) is 22.0. The number of Topliss-reactive ketones (excluding diaryl/α,β-unsaturated/α-hetero) is 1. The first-order valence-electron chi connectivity index (χ1n) is 14.6. The number of aliphatic carboxylic acids is 1. The Morgan fingerprint density at radius 1 is 1.20 bits per heavy atom. The summed E-state index contributed by atoms with van der Waals surface area (Å²) < 4.78 is 0. The molecule has 1 aliphatic rings. The lowest BCUT2D eigenvalue weighted by Crippen LogP contribution is -2.41. The van der Waals surface area contributed by atoms with Crippen LogP contribution in [0.2, 0.25) is 19.1 Å². The lowest BCUT2D eigenvalue weighted by atomic mass is 10.0. The van der Waals surface area contributed by atoms with Crippen molar-refractivity contribution in [1.82, 2.24) is 15.3 Å². The molecule has 0 unspecified atom stereocenters. The van der Waals surface area contributed by atoms with E-state index in [9.17, 15) is 34.2 Å². The number of aliphatic hydroxyl groups is 1. The number of carboxylic acids is 1. The minimum atomic E-state index is -2.24. The number of aryl methyl sites for hydroxylation is 1. The van der Waals surface area contributed by atoms with Crippen LogP contribution < -0.4 is 15.8 Å². The summed E-state index contributed by atoms with van der Waals surface area (Å²) in [6, 6.07) is 9.65. The zero-order valence-electron chi connectivity index (χ0n) is 24.9. The quantitative estimate of drug-likeness (QED) is 0.134. The van der Waals surface area contributed by atoms with Crippen LogP contribution in [0.1, 0.15) is 65.5 Å². The highest BCUT2D eigenvalue weighted by atomic mass is 28.4. The zero-order valence-corrected chi connectivity index (χ0v) is 25.9.